The Bertz CT molecular complexity index is 639. The molecule has 0 saturated carbocycles. The SMILES string of the molecule is CCCC(=O)OCC(O)CN(Cc1cccc(C)c1)Cc1ccco1. The molecule has 2 rings (SSSR count). The second-order valence-corrected chi connectivity index (χ2v) is 6.32. The number of hydrogen-bond donors (Lipinski definition) is 1. The number of nitrogens with zero attached hydrogens (tertiary/aromatic N) is 1. The van der Waals surface area contributed by atoms with Crippen LogP contribution in [0.5, 0.6) is 0 Å². The zero-order chi connectivity index (χ0) is 18.1. The smallest absolute Gasteiger partial charge is 0.305 e. The highest BCUT2D eigenvalue weighted by Crippen LogP contribution is 2.13. The number of ether oxygens (including phenoxy) is 1. The van der Waals surface area contributed by atoms with Crippen LogP contribution < -0.4 is 0 Å². The number of carbonyl (C=O) groups is 1. The van der Waals surface area contributed by atoms with E-state index in [-0.39, 0.29) is 12.6 Å². The largest absolute Gasteiger partial charge is 0.468 e. The number of furan rings is 1. The second kappa shape index (κ2) is 10.0. The Balaban J connectivity index is 1.95. The summed E-state index contributed by atoms with van der Waals surface area (Å²) in [5, 5.41) is 10.2. The van der Waals surface area contributed by atoms with Crippen LogP contribution in [0.15, 0.2) is 47.1 Å². The lowest BCUT2D eigenvalue weighted by atomic mass is 10.1. The maximum absolute atomic E-state index is 11.5. The van der Waals surface area contributed by atoms with Gasteiger partial charge in [-0.3, -0.25) is 9.69 Å². The van der Waals surface area contributed by atoms with Gasteiger partial charge in [0.1, 0.15) is 18.5 Å². The van der Waals surface area contributed by atoms with E-state index in [9.17, 15) is 9.90 Å². The first kappa shape index (κ1) is 19.2. The minimum atomic E-state index is -0.736. The van der Waals surface area contributed by atoms with Crippen molar-refractivity contribution in [2.45, 2.75) is 45.9 Å². The third kappa shape index (κ3) is 7.11. The maximum Gasteiger partial charge on any atom is 0.305 e. The molecule has 1 heterocycles. The molecule has 1 N–H and O–H groups in total. The van der Waals surface area contributed by atoms with E-state index in [0.717, 1.165) is 12.2 Å². The van der Waals surface area contributed by atoms with Gasteiger partial charge in [0.05, 0.1) is 12.8 Å². The molecule has 0 aliphatic heterocycles. The molecule has 0 fully saturated rings. The summed E-state index contributed by atoms with van der Waals surface area (Å²) in [7, 11) is 0. The summed E-state index contributed by atoms with van der Waals surface area (Å²) in [6.07, 6.45) is 2.03. The van der Waals surface area contributed by atoms with Crippen LogP contribution in [0, 0.1) is 6.92 Å². The molecule has 1 aromatic carbocycles. The predicted octanol–water partition coefficient (Wildman–Crippen LogP) is 3.29. The predicted molar refractivity (Wildman–Crippen MR) is 95.9 cm³/mol. The van der Waals surface area contributed by atoms with Gasteiger partial charge in [-0.15, -0.1) is 0 Å². The topological polar surface area (TPSA) is 62.9 Å². The minimum Gasteiger partial charge on any atom is -0.468 e. The lowest BCUT2D eigenvalue weighted by Crippen LogP contribution is -2.34. The van der Waals surface area contributed by atoms with Crippen LogP contribution in [-0.2, 0) is 22.6 Å². The van der Waals surface area contributed by atoms with Crippen LogP contribution in [0.2, 0.25) is 0 Å². The summed E-state index contributed by atoms with van der Waals surface area (Å²) in [6.45, 7) is 5.66. The fraction of sp³-hybridized carbons (Fsp3) is 0.450. The van der Waals surface area contributed by atoms with Crippen molar-refractivity contribution in [1.29, 1.82) is 0 Å². The average molecular weight is 345 g/mol. The van der Waals surface area contributed by atoms with Gasteiger partial charge in [-0.2, -0.15) is 0 Å². The summed E-state index contributed by atoms with van der Waals surface area (Å²) in [5.74, 6) is 0.570. The highest BCUT2D eigenvalue weighted by atomic mass is 16.5. The Morgan fingerprint density at radius 2 is 2.12 bits per heavy atom. The Labute approximate surface area is 149 Å². The van der Waals surface area contributed by atoms with Gasteiger partial charge < -0.3 is 14.3 Å². The molecule has 0 spiro atoms. The Hall–Kier alpha value is -2.11. The summed E-state index contributed by atoms with van der Waals surface area (Å²) in [6, 6.07) is 12.0. The summed E-state index contributed by atoms with van der Waals surface area (Å²) in [4.78, 5) is 13.5. The number of aliphatic hydroxyl groups is 1. The quantitative estimate of drug-likeness (QED) is 0.670. The molecule has 0 radical (unpaired) electrons. The molecule has 5 nitrogen and oxygen atoms in total. The second-order valence-electron chi connectivity index (χ2n) is 6.32. The molecule has 5 heteroatoms. The Morgan fingerprint density at radius 3 is 2.80 bits per heavy atom. The summed E-state index contributed by atoms with van der Waals surface area (Å²) >= 11 is 0. The molecular weight excluding hydrogens is 318 g/mol. The highest BCUT2D eigenvalue weighted by molar-refractivity contribution is 5.69. The number of rotatable bonds is 10. The molecule has 0 saturated heterocycles. The van der Waals surface area contributed by atoms with Gasteiger partial charge in [-0.05, 0) is 31.0 Å². The van der Waals surface area contributed by atoms with Gasteiger partial charge in [-0.1, -0.05) is 36.8 Å². The van der Waals surface area contributed by atoms with Gasteiger partial charge in [0.15, 0.2) is 0 Å². The van der Waals surface area contributed by atoms with Crippen molar-refractivity contribution in [2.75, 3.05) is 13.2 Å². The van der Waals surface area contributed by atoms with Gasteiger partial charge in [0.25, 0.3) is 0 Å². The molecule has 0 bridgehead atoms. The molecular formula is C20H27NO4. The van der Waals surface area contributed by atoms with Gasteiger partial charge in [0, 0.05) is 19.5 Å². The van der Waals surface area contributed by atoms with Gasteiger partial charge in [0.2, 0.25) is 0 Å². The monoisotopic (exact) mass is 345 g/mol. The molecule has 25 heavy (non-hydrogen) atoms. The van der Waals surface area contributed by atoms with Crippen LogP contribution in [0.3, 0.4) is 0 Å². The first-order valence-corrected chi connectivity index (χ1v) is 8.70. The number of aliphatic hydroxyl groups excluding tert-OH is 1. The lowest BCUT2D eigenvalue weighted by molar-refractivity contribution is -0.147. The minimum absolute atomic E-state index is 0.0152. The van der Waals surface area contributed by atoms with Crippen molar-refractivity contribution in [3.63, 3.8) is 0 Å². The van der Waals surface area contributed by atoms with E-state index in [0.29, 0.717) is 26.1 Å². The number of benzene rings is 1. The van der Waals surface area contributed by atoms with E-state index < -0.39 is 6.10 Å². The maximum atomic E-state index is 11.5. The van der Waals surface area contributed by atoms with E-state index in [1.165, 1.54) is 11.1 Å². The fourth-order valence-electron chi connectivity index (χ4n) is 2.69. The zero-order valence-corrected chi connectivity index (χ0v) is 15.0. The molecule has 2 aromatic rings. The summed E-state index contributed by atoms with van der Waals surface area (Å²) < 4.78 is 10.5. The van der Waals surface area contributed by atoms with E-state index in [1.54, 1.807) is 6.26 Å². The molecule has 136 valence electrons. The Morgan fingerprint density at radius 1 is 1.28 bits per heavy atom. The number of aryl methyl sites for hydroxylation is 1. The van der Waals surface area contributed by atoms with Crippen molar-refractivity contribution in [1.82, 2.24) is 4.90 Å². The van der Waals surface area contributed by atoms with Gasteiger partial charge in [-0.25, -0.2) is 0 Å². The van der Waals surface area contributed by atoms with Crippen LogP contribution in [0.4, 0.5) is 0 Å². The molecule has 1 atom stereocenters. The van der Waals surface area contributed by atoms with Crippen LogP contribution >= 0.6 is 0 Å². The van der Waals surface area contributed by atoms with E-state index in [1.807, 2.05) is 25.1 Å². The summed E-state index contributed by atoms with van der Waals surface area (Å²) in [5.41, 5.74) is 2.37. The van der Waals surface area contributed by atoms with Crippen LogP contribution in [0.25, 0.3) is 0 Å². The fourth-order valence-corrected chi connectivity index (χ4v) is 2.69. The first-order valence-electron chi connectivity index (χ1n) is 8.70. The molecule has 0 aliphatic rings. The molecule has 0 amide bonds. The highest BCUT2D eigenvalue weighted by Gasteiger charge is 2.16. The zero-order valence-electron chi connectivity index (χ0n) is 15.0. The number of hydrogen-bond acceptors (Lipinski definition) is 5. The van der Waals surface area contributed by atoms with Crippen LogP contribution in [0.1, 0.15) is 36.7 Å². The third-order valence-corrected chi connectivity index (χ3v) is 3.81. The molecule has 1 aromatic heterocycles. The average Bonchev–Trinajstić information content (AvgIpc) is 3.06. The van der Waals surface area contributed by atoms with Crippen LogP contribution in [-0.4, -0.2) is 35.2 Å². The number of carbonyl (C=O) groups excluding carboxylic acids is 1. The van der Waals surface area contributed by atoms with E-state index in [2.05, 4.69) is 30.0 Å². The van der Waals surface area contributed by atoms with Crippen molar-refractivity contribution >= 4 is 5.97 Å². The van der Waals surface area contributed by atoms with Crippen molar-refractivity contribution < 1.29 is 19.1 Å². The van der Waals surface area contributed by atoms with E-state index >= 15 is 0 Å². The van der Waals surface area contributed by atoms with Crippen molar-refractivity contribution in [3.8, 4) is 0 Å². The van der Waals surface area contributed by atoms with Crippen molar-refractivity contribution in [3.05, 3.63) is 59.5 Å². The third-order valence-electron chi connectivity index (χ3n) is 3.81. The van der Waals surface area contributed by atoms with Crippen molar-refractivity contribution in [2.24, 2.45) is 0 Å². The van der Waals surface area contributed by atoms with E-state index in [4.69, 9.17) is 9.15 Å². The molecule has 1 unspecified atom stereocenters. The first-order chi connectivity index (χ1) is 12.1. The molecule has 0 aliphatic carbocycles. The standard InChI is InChI=1S/C20H27NO4/c1-3-6-20(23)25-15-18(22)13-21(14-19-9-5-10-24-19)12-17-8-4-7-16(2)11-17/h4-5,7-11,18,22H,3,6,12-15H2,1-2H3. The Kier molecular flexibility index (Phi) is 7.70. The lowest BCUT2D eigenvalue weighted by Gasteiger charge is -2.24. The van der Waals surface area contributed by atoms with Gasteiger partial charge >= 0.3 is 5.97 Å². The number of esters is 1. The normalized spacial score (nSPS) is 12.3.